The minimum Gasteiger partial charge on any atom is -0.489 e. The average molecular weight is 351 g/mol. The Morgan fingerprint density at radius 2 is 2.16 bits per heavy atom. The molecule has 0 saturated heterocycles. The molecule has 0 radical (unpaired) electrons. The highest BCUT2D eigenvalue weighted by atomic mass is 32.1. The molecule has 0 unspecified atom stereocenters. The molecule has 3 aromatic heterocycles. The van der Waals surface area contributed by atoms with Gasteiger partial charge in [0.2, 0.25) is 0 Å². The van der Waals surface area contributed by atoms with Gasteiger partial charge in [-0.15, -0.1) is 16.4 Å². The molecule has 3 heterocycles. The van der Waals surface area contributed by atoms with Crippen LogP contribution in [0.5, 0.6) is 5.75 Å². The molecule has 126 valence electrons. The molecule has 0 aliphatic carbocycles. The molecule has 7 heteroatoms. The van der Waals surface area contributed by atoms with Gasteiger partial charge in [-0.05, 0) is 30.0 Å². The number of pyridine rings is 1. The summed E-state index contributed by atoms with van der Waals surface area (Å²) in [5.74, 6) is 1.37. The van der Waals surface area contributed by atoms with E-state index >= 15 is 0 Å². The van der Waals surface area contributed by atoms with E-state index in [0.717, 1.165) is 38.2 Å². The van der Waals surface area contributed by atoms with E-state index in [1.807, 2.05) is 44.4 Å². The number of nitrogen functional groups attached to an aromatic ring is 1. The number of anilines is 1. The van der Waals surface area contributed by atoms with Gasteiger partial charge in [0.1, 0.15) is 23.9 Å². The molecule has 0 spiro atoms. The maximum atomic E-state index is 6.08. The third-order valence-corrected chi connectivity index (χ3v) is 5.06. The molecule has 4 rings (SSSR count). The third kappa shape index (κ3) is 2.94. The van der Waals surface area contributed by atoms with Crippen LogP contribution in [0.15, 0.2) is 42.0 Å². The fraction of sp³-hybridized carbons (Fsp3) is 0.167. The predicted octanol–water partition coefficient (Wildman–Crippen LogP) is 3.56. The Balaban J connectivity index is 1.62. The summed E-state index contributed by atoms with van der Waals surface area (Å²) in [6, 6.07) is 8.02. The van der Waals surface area contributed by atoms with Gasteiger partial charge in [0.15, 0.2) is 0 Å². The van der Waals surface area contributed by atoms with Gasteiger partial charge in [0.05, 0.1) is 6.20 Å². The van der Waals surface area contributed by atoms with E-state index in [9.17, 15) is 0 Å². The van der Waals surface area contributed by atoms with Crippen molar-refractivity contribution in [2.45, 2.75) is 13.5 Å². The highest BCUT2D eigenvalue weighted by Gasteiger charge is 2.11. The van der Waals surface area contributed by atoms with Gasteiger partial charge in [-0.2, -0.15) is 0 Å². The van der Waals surface area contributed by atoms with Crippen LogP contribution in [0.3, 0.4) is 0 Å². The lowest BCUT2D eigenvalue weighted by Gasteiger charge is -2.10. The number of nitrogens with zero attached hydrogens (tertiary/aromatic N) is 4. The minimum atomic E-state index is 0.445. The Hall–Kier alpha value is -2.93. The second-order valence-corrected chi connectivity index (χ2v) is 6.79. The molecular weight excluding hydrogens is 334 g/mol. The summed E-state index contributed by atoms with van der Waals surface area (Å²) in [6.45, 7) is 2.47. The summed E-state index contributed by atoms with van der Waals surface area (Å²) in [4.78, 5) is 4.18. The number of fused-ring (bicyclic) bond motifs is 1. The van der Waals surface area contributed by atoms with E-state index in [1.54, 1.807) is 22.2 Å². The van der Waals surface area contributed by atoms with E-state index in [-0.39, 0.29) is 0 Å². The van der Waals surface area contributed by atoms with Gasteiger partial charge < -0.3 is 10.5 Å². The SMILES string of the molecule is Cc1ccc(-c2cn(C)nn2)cc1OCc1csc2ccnc(N)c12. The summed E-state index contributed by atoms with van der Waals surface area (Å²) >= 11 is 1.65. The van der Waals surface area contributed by atoms with Gasteiger partial charge in [-0.1, -0.05) is 17.3 Å². The number of rotatable bonds is 4. The Labute approximate surface area is 148 Å². The van der Waals surface area contributed by atoms with Crippen molar-refractivity contribution in [3.63, 3.8) is 0 Å². The molecule has 0 aliphatic rings. The largest absolute Gasteiger partial charge is 0.489 e. The summed E-state index contributed by atoms with van der Waals surface area (Å²) < 4.78 is 8.89. The average Bonchev–Trinajstić information content (AvgIpc) is 3.21. The number of benzene rings is 1. The summed E-state index contributed by atoms with van der Waals surface area (Å²) in [5.41, 5.74) is 9.94. The van der Waals surface area contributed by atoms with Gasteiger partial charge in [0, 0.05) is 34.5 Å². The van der Waals surface area contributed by atoms with Gasteiger partial charge in [0.25, 0.3) is 0 Å². The van der Waals surface area contributed by atoms with E-state index in [0.29, 0.717) is 12.4 Å². The monoisotopic (exact) mass is 351 g/mol. The van der Waals surface area contributed by atoms with Crippen LogP contribution in [0.4, 0.5) is 5.82 Å². The van der Waals surface area contributed by atoms with Crippen molar-refractivity contribution >= 4 is 27.2 Å². The molecule has 25 heavy (non-hydrogen) atoms. The summed E-state index contributed by atoms with van der Waals surface area (Å²) in [5, 5.41) is 11.2. The molecule has 0 atom stereocenters. The number of thiophene rings is 1. The number of nitrogens with two attached hydrogens (primary N) is 1. The van der Waals surface area contributed by atoms with Gasteiger partial charge in [-0.25, -0.2) is 4.98 Å². The molecule has 0 saturated carbocycles. The first-order chi connectivity index (χ1) is 12.1. The van der Waals surface area contributed by atoms with Crippen LogP contribution in [0.25, 0.3) is 21.3 Å². The van der Waals surface area contributed by atoms with E-state index in [4.69, 9.17) is 10.5 Å². The number of aryl methyl sites for hydroxylation is 2. The minimum absolute atomic E-state index is 0.445. The van der Waals surface area contributed by atoms with E-state index < -0.39 is 0 Å². The summed E-state index contributed by atoms with van der Waals surface area (Å²) in [6.07, 6.45) is 3.61. The maximum Gasteiger partial charge on any atom is 0.132 e. The normalized spacial score (nSPS) is 11.1. The van der Waals surface area contributed by atoms with Crippen molar-refractivity contribution in [3.05, 3.63) is 53.2 Å². The number of ether oxygens (including phenoxy) is 1. The number of aromatic nitrogens is 4. The fourth-order valence-corrected chi connectivity index (χ4v) is 3.68. The molecule has 0 aliphatic heterocycles. The highest BCUT2D eigenvalue weighted by Crippen LogP contribution is 2.31. The van der Waals surface area contributed by atoms with Crippen LogP contribution >= 0.6 is 11.3 Å². The zero-order chi connectivity index (χ0) is 17.4. The Bertz CT molecular complexity index is 1050. The van der Waals surface area contributed by atoms with E-state index in [1.165, 1.54) is 0 Å². The van der Waals surface area contributed by atoms with Crippen molar-refractivity contribution in [1.82, 2.24) is 20.0 Å². The fourth-order valence-electron chi connectivity index (χ4n) is 2.73. The van der Waals surface area contributed by atoms with Crippen LogP contribution in [0, 0.1) is 6.92 Å². The Morgan fingerprint density at radius 3 is 2.96 bits per heavy atom. The molecular formula is C18H17N5OS. The maximum absolute atomic E-state index is 6.08. The van der Waals surface area contributed by atoms with Crippen LogP contribution in [-0.2, 0) is 13.7 Å². The zero-order valence-corrected chi connectivity index (χ0v) is 14.7. The molecule has 0 bridgehead atoms. The van der Waals surface area contributed by atoms with Crippen LogP contribution in [0.1, 0.15) is 11.1 Å². The molecule has 6 nitrogen and oxygen atoms in total. The molecule has 0 fully saturated rings. The summed E-state index contributed by atoms with van der Waals surface area (Å²) in [7, 11) is 1.85. The van der Waals surface area contributed by atoms with Crippen molar-refractivity contribution in [2.75, 3.05) is 5.73 Å². The van der Waals surface area contributed by atoms with Gasteiger partial charge >= 0.3 is 0 Å². The molecule has 2 N–H and O–H groups in total. The third-order valence-electron chi connectivity index (χ3n) is 4.06. The standard InChI is InChI=1S/C18H17N5OS/c1-11-3-4-12(14-8-23(2)22-21-14)7-15(11)24-9-13-10-25-16-5-6-20-18(19)17(13)16/h3-8,10H,9H2,1-2H3,(H2,19,20). The predicted molar refractivity (Wildman–Crippen MR) is 99.5 cm³/mol. The highest BCUT2D eigenvalue weighted by molar-refractivity contribution is 7.17. The topological polar surface area (TPSA) is 78.8 Å². The smallest absolute Gasteiger partial charge is 0.132 e. The van der Waals surface area contributed by atoms with Crippen LogP contribution in [0.2, 0.25) is 0 Å². The number of hydrogen-bond donors (Lipinski definition) is 1. The van der Waals surface area contributed by atoms with Crippen molar-refractivity contribution in [1.29, 1.82) is 0 Å². The van der Waals surface area contributed by atoms with Crippen LogP contribution in [-0.4, -0.2) is 20.0 Å². The number of hydrogen-bond acceptors (Lipinski definition) is 6. The van der Waals surface area contributed by atoms with Gasteiger partial charge in [-0.3, -0.25) is 4.68 Å². The van der Waals surface area contributed by atoms with Crippen molar-refractivity contribution in [3.8, 4) is 17.0 Å². The molecule has 0 amide bonds. The second-order valence-electron chi connectivity index (χ2n) is 5.88. The van der Waals surface area contributed by atoms with E-state index in [2.05, 4.69) is 20.7 Å². The lowest BCUT2D eigenvalue weighted by molar-refractivity contribution is 0.306. The first-order valence-corrected chi connectivity index (χ1v) is 8.70. The zero-order valence-electron chi connectivity index (χ0n) is 13.9. The Morgan fingerprint density at radius 1 is 1.28 bits per heavy atom. The van der Waals surface area contributed by atoms with Crippen LogP contribution < -0.4 is 10.5 Å². The lowest BCUT2D eigenvalue weighted by atomic mass is 10.1. The first-order valence-electron chi connectivity index (χ1n) is 7.82. The Kier molecular flexibility index (Phi) is 3.85. The quantitative estimate of drug-likeness (QED) is 0.608. The second kappa shape index (κ2) is 6.18. The van der Waals surface area contributed by atoms with Crippen molar-refractivity contribution < 1.29 is 4.74 Å². The van der Waals surface area contributed by atoms with Crippen molar-refractivity contribution in [2.24, 2.45) is 7.05 Å². The molecule has 1 aromatic carbocycles. The first kappa shape index (κ1) is 15.6. The lowest BCUT2D eigenvalue weighted by Crippen LogP contribution is -1.98. The molecule has 4 aromatic rings.